The number of halogens is 3. The van der Waals surface area contributed by atoms with E-state index in [1.807, 2.05) is 0 Å². The van der Waals surface area contributed by atoms with Crippen molar-refractivity contribution in [3.8, 4) is 0 Å². The van der Waals surface area contributed by atoms with Crippen LogP contribution in [0.5, 0.6) is 0 Å². The van der Waals surface area contributed by atoms with Gasteiger partial charge in [0.1, 0.15) is 5.56 Å². The minimum absolute atomic E-state index is 0.0898. The largest absolute Gasteiger partial charge is 0.416 e. The average Bonchev–Trinajstić information content (AvgIpc) is 2.79. The van der Waals surface area contributed by atoms with Crippen LogP contribution in [0.4, 0.5) is 18.9 Å². The number of nitro benzene ring substituents is 1. The van der Waals surface area contributed by atoms with Crippen molar-refractivity contribution in [1.82, 2.24) is 4.90 Å². The number of imide groups is 1. The van der Waals surface area contributed by atoms with E-state index < -0.39 is 40.7 Å². The molecule has 2 amide bonds. The molecule has 1 aliphatic rings. The van der Waals surface area contributed by atoms with Crippen molar-refractivity contribution in [3.05, 3.63) is 74.8 Å². The lowest BCUT2D eigenvalue weighted by atomic mass is 10.1. The van der Waals surface area contributed by atoms with Crippen molar-refractivity contribution in [2.75, 3.05) is 0 Å². The lowest BCUT2D eigenvalue weighted by Crippen LogP contribution is -2.29. The molecule has 0 aliphatic carbocycles. The lowest BCUT2D eigenvalue weighted by molar-refractivity contribution is -0.385. The molecule has 0 unspecified atom stereocenters. The molecule has 128 valence electrons. The first-order chi connectivity index (χ1) is 11.7. The van der Waals surface area contributed by atoms with Crippen molar-refractivity contribution in [2.45, 2.75) is 12.7 Å². The van der Waals surface area contributed by atoms with Gasteiger partial charge < -0.3 is 0 Å². The number of rotatable bonds is 3. The van der Waals surface area contributed by atoms with Crippen LogP contribution in [-0.2, 0) is 12.7 Å². The monoisotopic (exact) mass is 350 g/mol. The number of carbonyl (C=O) groups is 2. The minimum Gasteiger partial charge on any atom is -0.270 e. The van der Waals surface area contributed by atoms with Crippen LogP contribution in [0.3, 0.4) is 0 Å². The second-order valence-electron chi connectivity index (χ2n) is 5.35. The summed E-state index contributed by atoms with van der Waals surface area (Å²) >= 11 is 0. The van der Waals surface area contributed by atoms with Gasteiger partial charge in [0.05, 0.1) is 22.6 Å². The molecule has 0 bridgehead atoms. The Morgan fingerprint density at radius 3 is 2.36 bits per heavy atom. The summed E-state index contributed by atoms with van der Waals surface area (Å²) in [5, 5.41) is 11.0. The molecule has 0 radical (unpaired) electrons. The van der Waals surface area contributed by atoms with E-state index in [-0.39, 0.29) is 16.7 Å². The molecule has 0 N–H and O–H groups in total. The highest BCUT2D eigenvalue weighted by Crippen LogP contribution is 2.33. The Balaban J connectivity index is 1.96. The Hall–Kier alpha value is -3.23. The van der Waals surface area contributed by atoms with Gasteiger partial charge in [0.2, 0.25) is 0 Å². The van der Waals surface area contributed by atoms with Crippen LogP contribution in [0.25, 0.3) is 0 Å². The zero-order valence-corrected chi connectivity index (χ0v) is 12.4. The van der Waals surface area contributed by atoms with Crippen LogP contribution >= 0.6 is 0 Å². The number of nitro groups is 1. The van der Waals surface area contributed by atoms with E-state index in [4.69, 9.17) is 0 Å². The molecule has 6 nitrogen and oxygen atoms in total. The Bertz CT molecular complexity index is 908. The topological polar surface area (TPSA) is 80.5 Å². The highest BCUT2D eigenvalue weighted by molar-refractivity contribution is 6.23. The second-order valence-corrected chi connectivity index (χ2v) is 5.35. The molecule has 2 aromatic carbocycles. The zero-order chi connectivity index (χ0) is 18.4. The number of hydrogen-bond acceptors (Lipinski definition) is 4. The Labute approximate surface area is 138 Å². The Morgan fingerprint density at radius 2 is 1.72 bits per heavy atom. The fraction of sp³-hybridized carbons (Fsp3) is 0.125. The molecular formula is C16H9F3N2O4. The quantitative estimate of drug-likeness (QED) is 0.483. The summed E-state index contributed by atoms with van der Waals surface area (Å²) < 4.78 is 38.3. The van der Waals surface area contributed by atoms with Crippen molar-refractivity contribution in [3.63, 3.8) is 0 Å². The molecule has 0 fully saturated rings. The maximum Gasteiger partial charge on any atom is 0.416 e. The molecular weight excluding hydrogens is 341 g/mol. The van der Waals surface area contributed by atoms with E-state index in [2.05, 4.69) is 0 Å². The zero-order valence-electron chi connectivity index (χ0n) is 12.4. The number of amides is 2. The molecule has 0 saturated heterocycles. The first-order valence-corrected chi connectivity index (χ1v) is 7.00. The fourth-order valence-electron chi connectivity index (χ4n) is 2.64. The Kier molecular flexibility index (Phi) is 3.78. The number of benzene rings is 2. The number of nitrogens with zero attached hydrogens (tertiary/aromatic N) is 2. The van der Waals surface area contributed by atoms with Gasteiger partial charge in [-0.15, -0.1) is 0 Å². The van der Waals surface area contributed by atoms with Crippen LogP contribution in [0.1, 0.15) is 31.8 Å². The predicted molar refractivity (Wildman–Crippen MR) is 78.7 cm³/mol. The molecule has 3 rings (SSSR count). The van der Waals surface area contributed by atoms with Crippen LogP contribution < -0.4 is 0 Å². The molecule has 1 heterocycles. The summed E-state index contributed by atoms with van der Waals surface area (Å²) in [6.07, 6.45) is -4.56. The summed E-state index contributed by atoms with van der Waals surface area (Å²) in [4.78, 5) is 35.7. The number of hydrogen-bond donors (Lipinski definition) is 0. The van der Waals surface area contributed by atoms with Crippen LogP contribution in [0.2, 0.25) is 0 Å². The average molecular weight is 350 g/mol. The minimum atomic E-state index is -4.56. The van der Waals surface area contributed by atoms with Crippen LogP contribution in [0, 0.1) is 10.1 Å². The highest BCUT2D eigenvalue weighted by Gasteiger charge is 2.41. The van der Waals surface area contributed by atoms with Gasteiger partial charge in [-0.3, -0.25) is 24.6 Å². The van der Waals surface area contributed by atoms with E-state index in [1.165, 1.54) is 24.3 Å². The summed E-state index contributed by atoms with van der Waals surface area (Å²) in [6, 6.07) is 7.85. The number of carbonyl (C=O) groups excluding carboxylic acids is 2. The predicted octanol–water partition coefficient (Wildman–Crippen LogP) is 3.41. The van der Waals surface area contributed by atoms with Gasteiger partial charge in [-0.05, 0) is 23.8 Å². The van der Waals surface area contributed by atoms with Gasteiger partial charge in [-0.2, -0.15) is 13.2 Å². The van der Waals surface area contributed by atoms with Crippen molar-refractivity contribution >= 4 is 17.5 Å². The SMILES string of the molecule is O=C1c2cccc([N+](=O)[O-])c2C(=O)N1Cc1cccc(C(F)(F)F)c1. The third kappa shape index (κ3) is 2.84. The van der Waals surface area contributed by atoms with Crippen LogP contribution in [0.15, 0.2) is 42.5 Å². The Morgan fingerprint density at radius 1 is 1.04 bits per heavy atom. The number of fused-ring (bicyclic) bond motifs is 1. The maximum atomic E-state index is 12.8. The highest BCUT2D eigenvalue weighted by atomic mass is 19.4. The molecule has 25 heavy (non-hydrogen) atoms. The third-order valence-electron chi connectivity index (χ3n) is 3.77. The summed E-state index contributed by atoms with van der Waals surface area (Å²) in [6.45, 7) is -0.409. The summed E-state index contributed by atoms with van der Waals surface area (Å²) in [5.74, 6) is -1.68. The molecule has 0 aromatic heterocycles. The van der Waals surface area contributed by atoms with Gasteiger partial charge in [0, 0.05) is 6.07 Å². The molecule has 0 atom stereocenters. The smallest absolute Gasteiger partial charge is 0.270 e. The lowest BCUT2D eigenvalue weighted by Gasteiger charge is -2.15. The first-order valence-electron chi connectivity index (χ1n) is 7.00. The number of alkyl halides is 3. The van der Waals surface area contributed by atoms with E-state index >= 15 is 0 Å². The van der Waals surface area contributed by atoms with Crippen LogP contribution in [-0.4, -0.2) is 21.6 Å². The molecule has 2 aromatic rings. The molecule has 9 heteroatoms. The fourth-order valence-corrected chi connectivity index (χ4v) is 2.64. The van der Waals surface area contributed by atoms with Gasteiger partial charge in [-0.25, -0.2) is 0 Å². The third-order valence-corrected chi connectivity index (χ3v) is 3.77. The standard InChI is InChI=1S/C16H9F3N2O4/c17-16(18,19)10-4-1-3-9(7-10)8-20-14(22)11-5-2-6-12(21(24)25)13(11)15(20)23/h1-7H,8H2. The molecule has 1 aliphatic heterocycles. The van der Waals surface area contributed by atoms with Gasteiger partial charge in [-0.1, -0.05) is 18.2 Å². The summed E-state index contributed by atoms with van der Waals surface area (Å²) in [5.41, 5.74) is -1.81. The van der Waals surface area contributed by atoms with Crippen molar-refractivity contribution in [1.29, 1.82) is 0 Å². The molecule has 0 spiro atoms. The van der Waals surface area contributed by atoms with Crippen molar-refractivity contribution < 1.29 is 27.7 Å². The molecule has 0 saturated carbocycles. The normalized spacial score (nSPS) is 14.0. The second kappa shape index (κ2) is 5.69. The van der Waals surface area contributed by atoms with E-state index in [0.717, 1.165) is 18.2 Å². The van der Waals surface area contributed by atoms with Gasteiger partial charge in [0.15, 0.2) is 0 Å². The van der Waals surface area contributed by atoms with Crippen molar-refractivity contribution in [2.24, 2.45) is 0 Å². The van der Waals surface area contributed by atoms with Gasteiger partial charge >= 0.3 is 6.18 Å². The first kappa shape index (κ1) is 16.6. The van der Waals surface area contributed by atoms with E-state index in [9.17, 15) is 32.9 Å². The maximum absolute atomic E-state index is 12.8. The summed E-state index contributed by atoms with van der Waals surface area (Å²) in [7, 11) is 0. The van der Waals surface area contributed by atoms with E-state index in [0.29, 0.717) is 4.90 Å². The van der Waals surface area contributed by atoms with Gasteiger partial charge in [0.25, 0.3) is 17.5 Å². The van der Waals surface area contributed by atoms with E-state index in [1.54, 1.807) is 0 Å².